The number of aryl methyl sites for hydroxylation is 2. The predicted molar refractivity (Wildman–Crippen MR) is 89.2 cm³/mol. The highest BCUT2D eigenvalue weighted by molar-refractivity contribution is 7.80. The Labute approximate surface area is 126 Å². The number of imidazole rings is 1. The van der Waals surface area contributed by atoms with Crippen molar-refractivity contribution in [3.8, 4) is 0 Å². The third-order valence-corrected chi connectivity index (χ3v) is 4.25. The average Bonchev–Trinajstić information content (AvgIpc) is 2.68. The number of nitrogens with two attached hydrogens (primary N) is 1. The van der Waals surface area contributed by atoms with Crippen molar-refractivity contribution in [1.82, 2.24) is 9.55 Å². The summed E-state index contributed by atoms with van der Waals surface area (Å²) in [6.45, 7) is 11.5. The molecule has 0 aliphatic heterocycles. The van der Waals surface area contributed by atoms with E-state index in [1.807, 2.05) is 0 Å². The van der Waals surface area contributed by atoms with E-state index in [4.69, 9.17) is 22.9 Å². The number of benzene rings is 1. The van der Waals surface area contributed by atoms with Gasteiger partial charge in [-0.05, 0) is 37.1 Å². The molecule has 1 heterocycles. The molecule has 1 atom stereocenters. The molecule has 0 saturated carbocycles. The minimum absolute atomic E-state index is 0.168. The van der Waals surface area contributed by atoms with Gasteiger partial charge in [0.2, 0.25) is 0 Å². The Morgan fingerprint density at radius 2 is 1.85 bits per heavy atom. The minimum atomic E-state index is 0.168. The van der Waals surface area contributed by atoms with Gasteiger partial charge in [-0.3, -0.25) is 0 Å². The summed E-state index contributed by atoms with van der Waals surface area (Å²) in [5, 5.41) is 0. The number of hydrogen-bond donors (Lipinski definition) is 1. The van der Waals surface area contributed by atoms with Crippen LogP contribution < -0.4 is 5.73 Å². The Bertz CT molecular complexity index is 655. The summed E-state index contributed by atoms with van der Waals surface area (Å²) in [4.78, 5) is 5.37. The van der Waals surface area contributed by atoms with Crippen molar-refractivity contribution < 1.29 is 0 Å². The van der Waals surface area contributed by atoms with E-state index in [0.717, 1.165) is 17.9 Å². The summed E-state index contributed by atoms with van der Waals surface area (Å²) >= 11 is 5.11. The second-order valence-corrected chi connectivity index (χ2v) is 6.44. The molecule has 1 unspecified atom stereocenters. The zero-order valence-electron chi connectivity index (χ0n) is 12.9. The molecule has 1 aromatic heterocycles. The molecule has 108 valence electrons. The van der Waals surface area contributed by atoms with E-state index in [1.165, 1.54) is 16.6 Å². The highest BCUT2D eigenvalue weighted by atomic mass is 32.1. The molecular formula is C16H23N3S. The second kappa shape index (κ2) is 5.52. The molecule has 2 rings (SSSR count). The van der Waals surface area contributed by atoms with Crippen molar-refractivity contribution in [2.45, 2.75) is 47.1 Å². The zero-order valence-corrected chi connectivity index (χ0v) is 13.7. The van der Waals surface area contributed by atoms with Crippen LogP contribution in [0.3, 0.4) is 0 Å². The summed E-state index contributed by atoms with van der Waals surface area (Å²) in [6.07, 6.45) is 0. The quantitative estimate of drug-likeness (QED) is 0.873. The van der Waals surface area contributed by atoms with Gasteiger partial charge in [-0.15, -0.1) is 0 Å². The van der Waals surface area contributed by atoms with E-state index in [1.54, 1.807) is 0 Å². The number of fused-ring (bicyclic) bond motifs is 1. The fourth-order valence-corrected chi connectivity index (χ4v) is 2.47. The van der Waals surface area contributed by atoms with Crippen molar-refractivity contribution in [1.29, 1.82) is 0 Å². The maximum atomic E-state index is 5.77. The average molecular weight is 289 g/mol. The fourth-order valence-electron chi connectivity index (χ4n) is 2.40. The van der Waals surface area contributed by atoms with E-state index in [9.17, 15) is 0 Å². The van der Waals surface area contributed by atoms with Crippen LogP contribution in [0.5, 0.6) is 0 Å². The number of hydrogen-bond acceptors (Lipinski definition) is 2. The Morgan fingerprint density at radius 3 is 2.40 bits per heavy atom. The summed E-state index contributed by atoms with van der Waals surface area (Å²) < 4.78 is 2.27. The van der Waals surface area contributed by atoms with Crippen molar-refractivity contribution in [2.75, 3.05) is 0 Å². The topological polar surface area (TPSA) is 43.8 Å². The summed E-state index contributed by atoms with van der Waals surface area (Å²) in [7, 11) is 0. The summed E-state index contributed by atoms with van der Waals surface area (Å²) in [5.41, 5.74) is 10.6. The lowest BCUT2D eigenvalue weighted by Crippen LogP contribution is -2.24. The van der Waals surface area contributed by atoms with Gasteiger partial charge in [0.05, 0.1) is 16.0 Å². The highest BCUT2D eigenvalue weighted by Gasteiger charge is 2.17. The number of aromatic nitrogens is 2. The molecule has 0 aliphatic rings. The van der Waals surface area contributed by atoms with E-state index in [0.29, 0.717) is 10.9 Å². The van der Waals surface area contributed by atoms with Crippen LogP contribution in [0.25, 0.3) is 11.0 Å². The SMILES string of the molecule is Cc1cc2nc(C(C)C)n(CC(C)C(N)=S)c2cc1C. The van der Waals surface area contributed by atoms with Crippen molar-refractivity contribution in [3.63, 3.8) is 0 Å². The van der Waals surface area contributed by atoms with Gasteiger partial charge in [-0.25, -0.2) is 4.98 Å². The molecule has 0 fully saturated rings. The van der Waals surface area contributed by atoms with Crippen LogP contribution in [0.4, 0.5) is 0 Å². The van der Waals surface area contributed by atoms with Gasteiger partial charge in [0, 0.05) is 18.4 Å². The number of rotatable bonds is 4. The van der Waals surface area contributed by atoms with Crippen LogP contribution in [0, 0.1) is 19.8 Å². The summed E-state index contributed by atoms with van der Waals surface area (Å²) in [5.74, 6) is 1.65. The maximum absolute atomic E-state index is 5.77. The Morgan fingerprint density at radius 1 is 1.25 bits per heavy atom. The molecule has 0 amide bonds. The monoisotopic (exact) mass is 289 g/mol. The van der Waals surface area contributed by atoms with Crippen LogP contribution in [-0.2, 0) is 6.54 Å². The fraction of sp³-hybridized carbons (Fsp3) is 0.500. The molecule has 0 aliphatic carbocycles. The third kappa shape index (κ3) is 2.70. The first-order valence-electron chi connectivity index (χ1n) is 7.08. The van der Waals surface area contributed by atoms with Gasteiger partial charge < -0.3 is 10.3 Å². The van der Waals surface area contributed by atoms with Gasteiger partial charge in [0.25, 0.3) is 0 Å². The standard InChI is InChI=1S/C16H23N3S/c1-9(2)16-18-13-6-10(3)11(4)7-14(13)19(16)8-12(5)15(17)20/h6-7,9,12H,8H2,1-5H3,(H2,17,20). The Hall–Kier alpha value is -1.42. The molecule has 4 heteroatoms. The lowest BCUT2D eigenvalue weighted by atomic mass is 10.1. The van der Waals surface area contributed by atoms with Crippen molar-refractivity contribution in [2.24, 2.45) is 11.7 Å². The Balaban J connectivity index is 2.62. The molecule has 2 aromatic rings. The van der Waals surface area contributed by atoms with Crippen LogP contribution in [-0.4, -0.2) is 14.5 Å². The molecule has 0 radical (unpaired) electrons. The largest absolute Gasteiger partial charge is 0.393 e. The lowest BCUT2D eigenvalue weighted by molar-refractivity contribution is 0.569. The van der Waals surface area contributed by atoms with E-state index >= 15 is 0 Å². The highest BCUT2D eigenvalue weighted by Crippen LogP contribution is 2.25. The molecule has 20 heavy (non-hydrogen) atoms. The first-order chi connectivity index (χ1) is 9.31. The molecule has 3 nitrogen and oxygen atoms in total. The first kappa shape index (κ1) is 15.0. The van der Waals surface area contributed by atoms with Crippen LogP contribution in [0.1, 0.15) is 43.6 Å². The predicted octanol–water partition coefficient (Wildman–Crippen LogP) is 3.70. The molecule has 2 N–H and O–H groups in total. The van der Waals surface area contributed by atoms with Gasteiger partial charge in [-0.1, -0.05) is 33.0 Å². The second-order valence-electron chi connectivity index (χ2n) is 5.96. The van der Waals surface area contributed by atoms with Crippen LogP contribution in [0.2, 0.25) is 0 Å². The maximum Gasteiger partial charge on any atom is 0.112 e. The van der Waals surface area contributed by atoms with E-state index in [-0.39, 0.29) is 5.92 Å². The Kier molecular flexibility index (Phi) is 4.14. The number of nitrogens with zero attached hydrogens (tertiary/aromatic N) is 2. The zero-order chi connectivity index (χ0) is 15.0. The summed E-state index contributed by atoms with van der Waals surface area (Å²) in [6, 6.07) is 4.38. The molecule has 0 spiro atoms. The van der Waals surface area contributed by atoms with Crippen LogP contribution >= 0.6 is 12.2 Å². The first-order valence-corrected chi connectivity index (χ1v) is 7.48. The van der Waals surface area contributed by atoms with Crippen molar-refractivity contribution >= 4 is 28.2 Å². The third-order valence-electron chi connectivity index (χ3n) is 3.85. The number of thiocarbonyl (C=S) groups is 1. The van der Waals surface area contributed by atoms with E-state index in [2.05, 4.69) is 51.3 Å². The molecule has 1 aromatic carbocycles. The van der Waals surface area contributed by atoms with Gasteiger partial charge in [0.1, 0.15) is 5.82 Å². The molecule has 0 bridgehead atoms. The van der Waals surface area contributed by atoms with Crippen molar-refractivity contribution in [3.05, 3.63) is 29.1 Å². The van der Waals surface area contributed by atoms with E-state index < -0.39 is 0 Å². The molecule has 0 saturated heterocycles. The lowest BCUT2D eigenvalue weighted by Gasteiger charge is -2.16. The minimum Gasteiger partial charge on any atom is -0.393 e. The van der Waals surface area contributed by atoms with Gasteiger partial charge in [0.15, 0.2) is 0 Å². The van der Waals surface area contributed by atoms with Crippen LogP contribution in [0.15, 0.2) is 12.1 Å². The smallest absolute Gasteiger partial charge is 0.112 e. The normalized spacial score (nSPS) is 13.1. The molecular weight excluding hydrogens is 266 g/mol. The van der Waals surface area contributed by atoms with Gasteiger partial charge in [-0.2, -0.15) is 0 Å². The van der Waals surface area contributed by atoms with Gasteiger partial charge >= 0.3 is 0 Å².